The van der Waals surface area contributed by atoms with Crippen molar-refractivity contribution in [3.05, 3.63) is 46.7 Å². The molecule has 216 valence electrons. The summed E-state index contributed by atoms with van der Waals surface area (Å²) in [4.78, 5) is 38.9. The standard InChI is InChI=1S/C27H29Cl2N7O5/c1-15(37)35-7-8-36-17(12-35)13-41-19-9-16(5-6-18(19)36)32-22-11-23(31-14-30-22)34(2)27(38)33-26-24(28)20(39-3)10-21(40-4)25(26)29/h5-6,9-11,14,17H,7-8,12-13H2,1-4H3,(H,33,38)(H,30,31,32)/t17-/m1/s1. The summed E-state index contributed by atoms with van der Waals surface area (Å²) < 4.78 is 16.6. The van der Waals surface area contributed by atoms with E-state index < -0.39 is 6.03 Å². The first-order valence-corrected chi connectivity index (χ1v) is 13.5. The third kappa shape index (κ3) is 5.70. The molecule has 0 radical (unpaired) electrons. The van der Waals surface area contributed by atoms with Crippen molar-refractivity contribution in [1.82, 2.24) is 14.9 Å². The monoisotopic (exact) mass is 601 g/mol. The fourth-order valence-corrected chi connectivity index (χ4v) is 5.36. The molecule has 1 saturated heterocycles. The van der Waals surface area contributed by atoms with Crippen LogP contribution in [0, 0.1) is 0 Å². The number of amides is 3. The summed E-state index contributed by atoms with van der Waals surface area (Å²) in [5.41, 5.74) is 1.89. The van der Waals surface area contributed by atoms with E-state index >= 15 is 0 Å². The number of carbonyl (C=O) groups excluding carboxylic acids is 2. The van der Waals surface area contributed by atoms with Crippen LogP contribution in [0.15, 0.2) is 36.7 Å². The minimum atomic E-state index is -0.546. The molecule has 0 bridgehead atoms. The van der Waals surface area contributed by atoms with Crippen LogP contribution >= 0.6 is 23.2 Å². The number of methoxy groups -OCH3 is 2. The van der Waals surface area contributed by atoms with Crippen molar-refractivity contribution in [3.63, 3.8) is 0 Å². The first-order valence-electron chi connectivity index (χ1n) is 12.7. The number of hydrogen-bond acceptors (Lipinski definition) is 9. The fraction of sp³-hybridized carbons (Fsp3) is 0.333. The second kappa shape index (κ2) is 11.8. The molecule has 2 aromatic carbocycles. The molecule has 0 spiro atoms. The van der Waals surface area contributed by atoms with Crippen molar-refractivity contribution in [1.29, 1.82) is 0 Å². The van der Waals surface area contributed by atoms with E-state index in [9.17, 15) is 9.59 Å². The van der Waals surface area contributed by atoms with Gasteiger partial charge in [-0.25, -0.2) is 14.8 Å². The maximum Gasteiger partial charge on any atom is 0.327 e. The van der Waals surface area contributed by atoms with Crippen LogP contribution in [0.4, 0.5) is 33.5 Å². The second-order valence-electron chi connectivity index (χ2n) is 9.47. The van der Waals surface area contributed by atoms with E-state index in [0.717, 1.165) is 23.7 Å². The molecule has 3 aromatic rings. The number of urea groups is 1. The minimum absolute atomic E-state index is 0.0791. The lowest BCUT2D eigenvalue weighted by Crippen LogP contribution is -2.58. The summed E-state index contributed by atoms with van der Waals surface area (Å²) in [7, 11) is 4.45. The van der Waals surface area contributed by atoms with E-state index in [4.69, 9.17) is 37.4 Å². The Morgan fingerprint density at radius 1 is 1.07 bits per heavy atom. The highest BCUT2D eigenvalue weighted by molar-refractivity contribution is 6.41. The predicted octanol–water partition coefficient (Wildman–Crippen LogP) is 4.64. The Balaban J connectivity index is 1.29. The topological polar surface area (TPSA) is 121 Å². The summed E-state index contributed by atoms with van der Waals surface area (Å²) >= 11 is 12.8. The van der Waals surface area contributed by atoms with Crippen LogP contribution in [0.25, 0.3) is 0 Å². The maximum atomic E-state index is 13.1. The largest absolute Gasteiger partial charge is 0.495 e. The quantitative estimate of drug-likeness (QED) is 0.416. The number of nitrogens with one attached hydrogen (secondary N) is 2. The molecule has 2 aliphatic rings. The Kier molecular flexibility index (Phi) is 8.13. The van der Waals surface area contributed by atoms with Crippen LogP contribution in [0.5, 0.6) is 17.2 Å². The molecule has 0 saturated carbocycles. The number of hydrogen-bond donors (Lipinski definition) is 2. The highest BCUT2D eigenvalue weighted by Crippen LogP contribution is 2.44. The number of anilines is 5. The Morgan fingerprint density at radius 3 is 2.49 bits per heavy atom. The molecule has 3 heterocycles. The number of halogens is 2. The van der Waals surface area contributed by atoms with Crippen molar-refractivity contribution >= 4 is 63.8 Å². The lowest BCUT2D eigenvalue weighted by atomic mass is 10.1. The van der Waals surface area contributed by atoms with Crippen molar-refractivity contribution in [2.75, 3.05) is 67.9 Å². The molecule has 2 aliphatic heterocycles. The zero-order valence-electron chi connectivity index (χ0n) is 22.9. The number of nitrogens with zero attached hydrogens (tertiary/aromatic N) is 5. The molecular formula is C27H29Cl2N7O5. The van der Waals surface area contributed by atoms with Crippen molar-refractivity contribution < 1.29 is 23.8 Å². The van der Waals surface area contributed by atoms with E-state index in [2.05, 4.69) is 25.5 Å². The Hall–Kier alpha value is -4.16. The molecule has 0 aliphatic carbocycles. The third-order valence-electron chi connectivity index (χ3n) is 7.01. The van der Waals surface area contributed by atoms with Crippen LogP contribution < -0.4 is 34.6 Å². The van der Waals surface area contributed by atoms with Crippen molar-refractivity contribution in [2.45, 2.75) is 13.0 Å². The summed E-state index contributed by atoms with van der Waals surface area (Å²) in [6, 6.07) is 8.56. The Morgan fingerprint density at radius 2 is 1.80 bits per heavy atom. The highest BCUT2D eigenvalue weighted by atomic mass is 35.5. The molecule has 14 heteroatoms. The fourth-order valence-electron chi connectivity index (χ4n) is 4.77. The summed E-state index contributed by atoms with van der Waals surface area (Å²) in [5, 5.41) is 6.21. The minimum Gasteiger partial charge on any atom is -0.495 e. The molecule has 12 nitrogen and oxygen atoms in total. The van der Waals surface area contributed by atoms with Gasteiger partial charge in [0.1, 0.15) is 51.9 Å². The van der Waals surface area contributed by atoms with E-state index in [1.807, 2.05) is 23.1 Å². The summed E-state index contributed by atoms with van der Waals surface area (Å²) in [5.74, 6) is 2.20. The summed E-state index contributed by atoms with van der Waals surface area (Å²) in [6.45, 7) is 4.15. The molecule has 5 rings (SSSR count). The van der Waals surface area contributed by atoms with Gasteiger partial charge in [-0.05, 0) is 12.1 Å². The molecule has 1 atom stereocenters. The lowest BCUT2D eigenvalue weighted by Gasteiger charge is -2.45. The van der Waals surface area contributed by atoms with Crippen LogP contribution in [0.3, 0.4) is 0 Å². The van der Waals surface area contributed by atoms with E-state index in [-0.39, 0.29) is 27.7 Å². The third-order valence-corrected chi connectivity index (χ3v) is 7.76. The normalized spacial score (nSPS) is 15.7. The zero-order chi connectivity index (χ0) is 29.3. The van der Waals surface area contributed by atoms with Gasteiger partial charge in [0.25, 0.3) is 0 Å². The average Bonchev–Trinajstić information content (AvgIpc) is 2.98. The smallest absolute Gasteiger partial charge is 0.327 e. The number of ether oxygens (including phenoxy) is 3. The van der Waals surface area contributed by atoms with Gasteiger partial charge in [0.05, 0.1) is 31.6 Å². The highest BCUT2D eigenvalue weighted by Gasteiger charge is 2.33. The van der Waals surface area contributed by atoms with Gasteiger partial charge in [0.15, 0.2) is 0 Å². The van der Waals surface area contributed by atoms with Gasteiger partial charge in [-0.2, -0.15) is 0 Å². The predicted molar refractivity (Wildman–Crippen MR) is 158 cm³/mol. The SMILES string of the molecule is COc1cc(OC)c(Cl)c(NC(=O)N(C)c2cc(Nc3ccc4c(c3)OC[C@H]3CN(C(C)=O)CCN43)ncn2)c1Cl. The molecule has 1 aromatic heterocycles. The van der Waals surface area contributed by atoms with Gasteiger partial charge in [-0.1, -0.05) is 23.2 Å². The molecular weight excluding hydrogens is 573 g/mol. The maximum absolute atomic E-state index is 13.1. The van der Waals surface area contributed by atoms with Crippen LogP contribution in [0.2, 0.25) is 10.0 Å². The van der Waals surface area contributed by atoms with E-state index in [1.54, 1.807) is 20.0 Å². The van der Waals surface area contributed by atoms with Crippen molar-refractivity contribution in [3.8, 4) is 17.2 Å². The first-order chi connectivity index (χ1) is 19.7. The van der Waals surface area contributed by atoms with Gasteiger partial charge in [0.2, 0.25) is 5.91 Å². The number of carbonyl (C=O) groups is 2. The van der Waals surface area contributed by atoms with Gasteiger partial charge < -0.3 is 34.6 Å². The summed E-state index contributed by atoms with van der Waals surface area (Å²) in [6.07, 6.45) is 1.35. The number of piperazine rings is 1. The lowest BCUT2D eigenvalue weighted by molar-refractivity contribution is -0.129. The van der Waals surface area contributed by atoms with Gasteiger partial charge in [-0.15, -0.1) is 0 Å². The molecule has 41 heavy (non-hydrogen) atoms. The van der Waals surface area contributed by atoms with Gasteiger partial charge in [0, 0.05) is 57.5 Å². The number of rotatable bonds is 6. The first kappa shape index (κ1) is 28.4. The number of aromatic nitrogens is 2. The average molecular weight is 602 g/mol. The molecule has 2 N–H and O–H groups in total. The van der Waals surface area contributed by atoms with Crippen LogP contribution in [0.1, 0.15) is 6.92 Å². The van der Waals surface area contributed by atoms with Crippen molar-refractivity contribution in [2.24, 2.45) is 0 Å². The van der Waals surface area contributed by atoms with Gasteiger partial charge >= 0.3 is 6.03 Å². The Bertz CT molecular complexity index is 1460. The molecule has 3 amide bonds. The molecule has 1 fully saturated rings. The number of fused-ring (bicyclic) bond motifs is 3. The second-order valence-corrected chi connectivity index (χ2v) is 10.2. The van der Waals surface area contributed by atoms with Crippen LogP contribution in [-0.2, 0) is 4.79 Å². The van der Waals surface area contributed by atoms with E-state index in [0.29, 0.717) is 42.8 Å². The van der Waals surface area contributed by atoms with E-state index in [1.165, 1.54) is 31.5 Å². The zero-order valence-corrected chi connectivity index (χ0v) is 24.4. The Labute approximate surface area is 247 Å². The van der Waals surface area contributed by atoms with Gasteiger partial charge in [-0.3, -0.25) is 9.69 Å². The van der Waals surface area contributed by atoms with Crippen LogP contribution in [-0.4, -0.2) is 80.4 Å². The molecule has 0 unspecified atom stereocenters. The number of benzene rings is 2.